The number of aromatic nitrogens is 2. The van der Waals surface area contributed by atoms with E-state index in [2.05, 4.69) is 45.8 Å². The molecule has 0 spiro atoms. The Kier molecular flexibility index (Phi) is 23.9. The molecule has 3 aliphatic heterocycles. The second-order valence-corrected chi connectivity index (χ2v) is 20.1. The number of phosphoric acid groups is 2. The number of rotatable bonds is 33. The van der Waals surface area contributed by atoms with Crippen LogP contribution in [0.4, 0.5) is 10.6 Å². The van der Waals surface area contributed by atoms with Crippen molar-refractivity contribution >= 4 is 63.2 Å². The average molecular weight is 1080 g/mol. The number of aryl methyl sites for hydroxylation is 1. The standard InChI is InChI=1S/C41H63N9O19P2S/c42-37-28(23-50(41(56)48-37)39-35(53)36(69-71(60,61)62)30(68-39)24-67-70(57,58)59)4-3-12-44-38(54)27-9-7-26(8-10-27)22-45-49-33(52)11-14-63-16-18-65-20-21-66-19-17-64-15-13-43-32(51)6-2-1-5-31-34-29(25-72-31)46-40(55)47-34/h7-10,22-23,29-31,34-36,39,53H,1-6,11-21,24-25H2,(H,43,51)(H,44,54)(H,49,52)(H2,42,48,56)(H2,46,47,55)(H2,57,58,59)(H2,60,61,62)/t29-,30+,31-,34-,35-,36?,39+/m0/s1. The van der Waals surface area contributed by atoms with Crippen LogP contribution in [0.25, 0.3) is 0 Å². The van der Waals surface area contributed by atoms with Gasteiger partial charge in [0, 0.05) is 47.8 Å². The van der Waals surface area contributed by atoms with Gasteiger partial charge in [-0.3, -0.25) is 28.0 Å². The lowest BCUT2D eigenvalue weighted by molar-refractivity contribution is -0.122. The molecule has 5 rings (SSSR count). The Morgan fingerprint density at radius 2 is 1.56 bits per heavy atom. The van der Waals surface area contributed by atoms with Gasteiger partial charge in [-0.2, -0.15) is 21.8 Å². The minimum Gasteiger partial charge on any atom is -0.386 e. The van der Waals surface area contributed by atoms with Gasteiger partial charge in [-0.25, -0.2) is 24.1 Å². The van der Waals surface area contributed by atoms with Crippen LogP contribution in [0.15, 0.2) is 40.4 Å². The predicted octanol–water partition coefficient (Wildman–Crippen LogP) is -1.22. The van der Waals surface area contributed by atoms with E-state index in [1.807, 2.05) is 11.8 Å². The average Bonchev–Trinajstić information content (AvgIpc) is 3.98. The van der Waals surface area contributed by atoms with Gasteiger partial charge in [0.25, 0.3) is 5.91 Å². The number of benzene rings is 1. The van der Waals surface area contributed by atoms with Gasteiger partial charge in [-0.15, -0.1) is 0 Å². The Bertz CT molecular complexity index is 2270. The molecule has 3 saturated heterocycles. The van der Waals surface area contributed by atoms with E-state index >= 15 is 0 Å². The number of nitrogens with one attached hydrogen (secondary N) is 5. The van der Waals surface area contributed by atoms with E-state index in [0.29, 0.717) is 75.4 Å². The second kappa shape index (κ2) is 29.5. The Morgan fingerprint density at radius 1 is 0.875 bits per heavy atom. The number of amides is 5. The SMILES string of the molecule is Nc1nc(=O)n([C@@H]2O[C@H](COP(=O)(O)O)C(OP(=O)(O)O)[C@@H]2O)cc1CCCNC(=O)c1ccc(C=NNC(=O)CCOCCOCCOCCOCCNC(=O)CCCC[C@@H]2SC[C@@H]3NC(=O)N[C@@H]32)cc1. The number of fused-ring (bicyclic) bond motifs is 1. The highest BCUT2D eigenvalue weighted by atomic mass is 32.2. The summed E-state index contributed by atoms with van der Waals surface area (Å²) in [4.78, 5) is 102. The highest BCUT2D eigenvalue weighted by molar-refractivity contribution is 8.00. The summed E-state index contributed by atoms with van der Waals surface area (Å²) in [5.74, 6) is -0.0229. The molecule has 28 nitrogen and oxygen atoms in total. The number of phosphoric ester groups is 2. The molecule has 0 radical (unpaired) electrons. The molecular weight excluding hydrogens is 1020 g/mol. The van der Waals surface area contributed by atoms with Crippen molar-refractivity contribution in [1.29, 1.82) is 0 Å². The molecular formula is C41H63N9O19P2S. The number of anilines is 1. The van der Waals surface area contributed by atoms with Crippen LogP contribution in [-0.2, 0) is 57.9 Å². The van der Waals surface area contributed by atoms with Crippen LogP contribution in [0.2, 0.25) is 0 Å². The molecule has 12 N–H and O–H groups in total. The molecule has 0 saturated carbocycles. The molecule has 4 heterocycles. The first-order chi connectivity index (χ1) is 34.4. The Hall–Kier alpha value is -4.42. The molecule has 72 heavy (non-hydrogen) atoms. The Balaban J connectivity index is 0.846. The fraction of sp³-hybridized carbons (Fsp3) is 0.634. The van der Waals surface area contributed by atoms with E-state index in [1.165, 1.54) is 12.4 Å². The van der Waals surface area contributed by atoms with Crippen LogP contribution in [0, 0.1) is 0 Å². The number of unbranched alkanes of at least 4 members (excludes halogenated alkanes) is 1. The summed E-state index contributed by atoms with van der Waals surface area (Å²) in [5.41, 5.74) is 8.53. The first-order valence-electron chi connectivity index (χ1n) is 23.0. The van der Waals surface area contributed by atoms with E-state index < -0.39 is 58.4 Å². The molecule has 3 fully saturated rings. The van der Waals surface area contributed by atoms with Crippen LogP contribution in [-0.4, -0.2) is 178 Å². The number of hydrogen-bond donors (Lipinski definition) is 11. The van der Waals surface area contributed by atoms with E-state index in [4.69, 9.17) is 39.2 Å². The maximum atomic E-state index is 12.8. The highest BCUT2D eigenvalue weighted by Gasteiger charge is 2.49. The van der Waals surface area contributed by atoms with Crippen molar-refractivity contribution in [3.63, 3.8) is 0 Å². The van der Waals surface area contributed by atoms with Gasteiger partial charge >= 0.3 is 27.4 Å². The lowest BCUT2D eigenvalue weighted by Gasteiger charge is -2.21. The van der Waals surface area contributed by atoms with Gasteiger partial charge in [0.2, 0.25) is 11.8 Å². The maximum Gasteiger partial charge on any atom is 0.470 e. The van der Waals surface area contributed by atoms with Crippen LogP contribution >= 0.6 is 27.4 Å². The van der Waals surface area contributed by atoms with Crippen molar-refractivity contribution in [2.45, 2.75) is 86.8 Å². The molecule has 31 heteroatoms. The van der Waals surface area contributed by atoms with E-state index in [0.717, 1.165) is 29.6 Å². The van der Waals surface area contributed by atoms with Crippen LogP contribution in [0.5, 0.6) is 0 Å². The minimum absolute atomic E-state index is 0.00399. The van der Waals surface area contributed by atoms with E-state index in [1.54, 1.807) is 24.3 Å². The zero-order valence-corrected chi connectivity index (χ0v) is 41.7. The summed E-state index contributed by atoms with van der Waals surface area (Å²) in [7, 11) is -10.3. The molecule has 0 bridgehead atoms. The number of hydrazone groups is 1. The van der Waals surface area contributed by atoms with Crippen molar-refractivity contribution in [2.75, 3.05) is 84.0 Å². The second-order valence-electron chi connectivity index (χ2n) is 16.4. The van der Waals surface area contributed by atoms with E-state index in [9.17, 15) is 48.0 Å². The fourth-order valence-corrected chi connectivity index (χ4v) is 9.99. The number of nitrogens with zero attached hydrogens (tertiary/aromatic N) is 3. The fourth-order valence-electron chi connectivity index (χ4n) is 7.53. The van der Waals surface area contributed by atoms with Crippen molar-refractivity contribution in [3.8, 4) is 0 Å². The lowest BCUT2D eigenvalue weighted by atomic mass is 10.0. The normalized spacial score (nSPS) is 21.9. The third-order valence-corrected chi connectivity index (χ3v) is 13.5. The summed E-state index contributed by atoms with van der Waals surface area (Å²) in [6.07, 6.45) is -0.838. The van der Waals surface area contributed by atoms with Crippen LogP contribution in [0.1, 0.15) is 66.2 Å². The highest BCUT2D eigenvalue weighted by Crippen LogP contribution is 2.45. The Morgan fingerprint density at radius 3 is 2.24 bits per heavy atom. The van der Waals surface area contributed by atoms with Crippen molar-refractivity contribution < 1.29 is 85.7 Å². The summed E-state index contributed by atoms with van der Waals surface area (Å²) >= 11 is 1.87. The Labute approximate surface area is 417 Å². The first kappa shape index (κ1) is 58.5. The minimum atomic E-state index is -5.26. The molecule has 0 aliphatic carbocycles. The first-order valence-corrected chi connectivity index (χ1v) is 27.1. The zero-order chi connectivity index (χ0) is 52.1. The van der Waals surface area contributed by atoms with Gasteiger partial charge in [0.1, 0.15) is 24.1 Å². The molecule has 5 amide bonds. The van der Waals surface area contributed by atoms with Crippen LogP contribution < -0.4 is 38.1 Å². The van der Waals surface area contributed by atoms with Crippen molar-refractivity contribution in [3.05, 3.63) is 57.6 Å². The summed E-state index contributed by atoms with van der Waals surface area (Å²) in [6.45, 7) is 2.24. The van der Waals surface area contributed by atoms with Crippen molar-refractivity contribution in [1.82, 2.24) is 36.2 Å². The number of thioether (sulfide) groups is 1. The van der Waals surface area contributed by atoms with Gasteiger partial charge in [0.05, 0.1) is 84.2 Å². The summed E-state index contributed by atoms with van der Waals surface area (Å²) in [6, 6.07) is 6.66. The van der Waals surface area contributed by atoms with Gasteiger partial charge < -0.3 is 75.4 Å². The molecule has 3 aliphatic rings. The number of ether oxygens (including phenoxy) is 5. The number of carbonyl (C=O) groups is 4. The van der Waals surface area contributed by atoms with Crippen molar-refractivity contribution in [2.24, 2.45) is 5.10 Å². The number of urea groups is 1. The number of nitrogens with two attached hydrogens (primary N) is 1. The zero-order valence-electron chi connectivity index (χ0n) is 39.1. The topological polar surface area (TPSA) is 402 Å². The number of aliphatic hydroxyl groups is 1. The molecule has 1 unspecified atom stereocenters. The molecule has 402 valence electrons. The maximum absolute atomic E-state index is 12.8. The quantitative estimate of drug-likeness (QED) is 0.0131. The largest absolute Gasteiger partial charge is 0.470 e. The lowest BCUT2D eigenvalue weighted by Crippen LogP contribution is -2.38. The van der Waals surface area contributed by atoms with Gasteiger partial charge in [0.15, 0.2) is 6.23 Å². The number of nitrogen functional groups attached to an aromatic ring is 1. The third-order valence-electron chi connectivity index (χ3n) is 11.0. The molecule has 2 aromatic rings. The van der Waals surface area contributed by atoms with Crippen LogP contribution in [0.3, 0.4) is 0 Å². The smallest absolute Gasteiger partial charge is 0.386 e. The summed E-state index contributed by atoms with van der Waals surface area (Å²) < 4.78 is 59.8. The third kappa shape index (κ3) is 20.5. The van der Waals surface area contributed by atoms with Gasteiger partial charge in [-0.05, 0) is 43.4 Å². The summed E-state index contributed by atoms with van der Waals surface area (Å²) in [5, 5.41) is 26.6. The predicted molar refractivity (Wildman–Crippen MR) is 255 cm³/mol. The number of aliphatic hydroxyl groups excluding tert-OH is 1. The molecule has 1 aromatic carbocycles. The number of carbonyl (C=O) groups excluding carboxylic acids is 4. The molecule has 1 aromatic heterocycles. The monoisotopic (exact) mass is 1080 g/mol. The molecule has 7 atom stereocenters. The van der Waals surface area contributed by atoms with E-state index in [-0.39, 0.29) is 73.9 Å². The van der Waals surface area contributed by atoms with Gasteiger partial charge in [-0.1, -0.05) is 18.6 Å². The number of hydrogen-bond acceptors (Lipinski definition) is 19.